The molecule has 1 unspecified atom stereocenters. The number of benzene rings is 2. The summed E-state index contributed by atoms with van der Waals surface area (Å²) >= 11 is 0. The Bertz CT molecular complexity index is 797. The molecule has 0 bridgehead atoms. The first kappa shape index (κ1) is 20.3. The molecule has 2 aromatic carbocycles. The summed E-state index contributed by atoms with van der Waals surface area (Å²) < 4.78 is 84.7. The molecule has 0 amide bonds. The van der Waals surface area contributed by atoms with Crippen LogP contribution in [0.25, 0.3) is 0 Å². The molecule has 0 fully saturated rings. The molecule has 0 aromatic heterocycles. The van der Waals surface area contributed by atoms with Crippen LogP contribution in [0.2, 0.25) is 0 Å². The molecule has 2 rings (SSSR count). The smallest absolute Gasteiger partial charge is 0.439 e. The number of nitro benzene ring substituents is 1. The van der Waals surface area contributed by atoms with E-state index in [1.165, 1.54) is 0 Å². The second kappa shape index (κ2) is 7.72. The minimum absolute atomic E-state index is 0.0847. The van der Waals surface area contributed by atoms with E-state index in [-0.39, 0.29) is 12.4 Å². The standard InChI is InChI=1S/C16H11F6NO4/c17-14(15(18,19)20)16(21,22)27-11-6-7-13(12(8-11)23(24)25)26-9-10-4-2-1-3-5-10/h1-8,14H,9H2. The number of nitro groups is 1. The third-order valence-corrected chi connectivity index (χ3v) is 3.20. The molecule has 27 heavy (non-hydrogen) atoms. The molecule has 0 aliphatic heterocycles. The van der Waals surface area contributed by atoms with Gasteiger partial charge < -0.3 is 9.47 Å². The Morgan fingerprint density at radius 1 is 1.04 bits per heavy atom. The van der Waals surface area contributed by atoms with Gasteiger partial charge in [0.2, 0.25) is 0 Å². The van der Waals surface area contributed by atoms with E-state index in [2.05, 4.69) is 4.74 Å². The van der Waals surface area contributed by atoms with Crippen molar-refractivity contribution in [2.24, 2.45) is 0 Å². The van der Waals surface area contributed by atoms with Crippen molar-refractivity contribution in [2.75, 3.05) is 0 Å². The summed E-state index contributed by atoms with van der Waals surface area (Å²) in [7, 11) is 0. The van der Waals surface area contributed by atoms with Gasteiger partial charge in [-0.25, -0.2) is 4.39 Å². The van der Waals surface area contributed by atoms with Gasteiger partial charge >= 0.3 is 18.0 Å². The third-order valence-electron chi connectivity index (χ3n) is 3.20. The average Bonchev–Trinajstić information content (AvgIpc) is 2.59. The molecule has 0 saturated heterocycles. The first-order valence-corrected chi connectivity index (χ1v) is 7.23. The number of rotatable bonds is 7. The fourth-order valence-electron chi connectivity index (χ4n) is 1.96. The van der Waals surface area contributed by atoms with Gasteiger partial charge in [0.25, 0.3) is 6.17 Å². The second-order valence-electron chi connectivity index (χ2n) is 5.23. The normalized spacial score (nSPS) is 13.1. The summed E-state index contributed by atoms with van der Waals surface area (Å²) in [4.78, 5) is 10.1. The summed E-state index contributed by atoms with van der Waals surface area (Å²) in [6.45, 7) is -0.0847. The molecular formula is C16H11F6NO4. The van der Waals surface area contributed by atoms with E-state index in [4.69, 9.17) is 4.74 Å². The van der Waals surface area contributed by atoms with Gasteiger partial charge in [-0.1, -0.05) is 30.3 Å². The molecule has 0 aliphatic carbocycles. The molecule has 1 atom stereocenters. The van der Waals surface area contributed by atoms with E-state index >= 15 is 0 Å². The highest BCUT2D eigenvalue weighted by atomic mass is 19.4. The largest absolute Gasteiger partial charge is 0.482 e. The highest BCUT2D eigenvalue weighted by Crippen LogP contribution is 2.39. The highest BCUT2D eigenvalue weighted by Gasteiger charge is 2.59. The summed E-state index contributed by atoms with van der Waals surface area (Å²) in [6.07, 6.45) is -15.7. The Labute approximate surface area is 148 Å². The maximum absolute atomic E-state index is 13.3. The number of hydrogen-bond donors (Lipinski definition) is 0. The van der Waals surface area contributed by atoms with Crippen LogP contribution in [-0.4, -0.2) is 23.4 Å². The fraction of sp³-hybridized carbons (Fsp3) is 0.250. The van der Waals surface area contributed by atoms with Crippen LogP contribution >= 0.6 is 0 Å². The van der Waals surface area contributed by atoms with E-state index in [0.717, 1.165) is 6.07 Å². The lowest BCUT2D eigenvalue weighted by molar-refractivity contribution is -0.386. The van der Waals surface area contributed by atoms with Crippen molar-refractivity contribution in [1.29, 1.82) is 0 Å². The van der Waals surface area contributed by atoms with Crippen LogP contribution in [0.4, 0.5) is 32.0 Å². The van der Waals surface area contributed by atoms with Gasteiger partial charge in [-0.15, -0.1) is 0 Å². The van der Waals surface area contributed by atoms with Gasteiger partial charge in [0.05, 0.1) is 11.0 Å². The number of alkyl halides is 6. The van der Waals surface area contributed by atoms with E-state index in [9.17, 15) is 36.5 Å². The monoisotopic (exact) mass is 395 g/mol. The zero-order chi connectivity index (χ0) is 20.2. The van der Waals surface area contributed by atoms with E-state index in [1.54, 1.807) is 30.3 Å². The van der Waals surface area contributed by atoms with Crippen LogP contribution in [-0.2, 0) is 6.61 Å². The summed E-state index contributed by atoms with van der Waals surface area (Å²) in [5.74, 6) is -1.35. The zero-order valence-corrected chi connectivity index (χ0v) is 13.3. The molecule has 0 aliphatic rings. The molecule has 11 heteroatoms. The van der Waals surface area contributed by atoms with Crippen molar-refractivity contribution < 1.29 is 40.7 Å². The van der Waals surface area contributed by atoms with Crippen LogP contribution in [0, 0.1) is 10.1 Å². The molecule has 0 radical (unpaired) electrons. The lowest BCUT2D eigenvalue weighted by atomic mass is 10.2. The minimum atomic E-state index is -5.87. The van der Waals surface area contributed by atoms with Crippen LogP contribution in [0.15, 0.2) is 48.5 Å². The Morgan fingerprint density at radius 3 is 2.22 bits per heavy atom. The average molecular weight is 395 g/mol. The lowest BCUT2D eigenvalue weighted by Gasteiger charge is -2.23. The zero-order valence-electron chi connectivity index (χ0n) is 13.3. The van der Waals surface area contributed by atoms with Crippen molar-refractivity contribution >= 4 is 5.69 Å². The predicted octanol–water partition coefficient (Wildman–Crippen LogP) is 5.05. The van der Waals surface area contributed by atoms with Crippen molar-refractivity contribution in [3.63, 3.8) is 0 Å². The van der Waals surface area contributed by atoms with Crippen LogP contribution in [0.1, 0.15) is 5.56 Å². The van der Waals surface area contributed by atoms with Crippen LogP contribution in [0.3, 0.4) is 0 Å². The van der Waals surface area contributed by atoms with Gasteiger partial charge in [-0.2, -0.15) is 22.0 Å². The van der Waals surface area contributed by atoms with E-state index in [0.29, 0.717) is 17.7 Å². The lowest BCUT2D eigenvalue weighted by Crippen LogP contribution is -2.45. The van der Waals surface area contributed by atoms with Crippen molar-refractivity contribution in [3.05, 3.63) is 64.2 Å². The fourth-order valence-corrected chi connectivity index (χ4v) is 1.96. The van der Waals surface area contributed by atoms with Gasteiger partial charge in [-0.05, 0) is 17.7 Å². The number of halogens is 6. The third kappa shape index (κ3) is 5.25. The number of ether oxygens (including phenoxy) is 2. The summed E-state index contributed by atoms with van der Waals surface area (Å²) in [5.41, 5.74) is -0.175. The Kier molecular flexibility index (Phi) is 5.82. The van der Waals surface area contributed by atoms with E-state index < -0.39 is 34.8 Å². The predicted molar refractivity (Wildman–Crippen MR) is 80.4 cm³/mol. The molecule has 2 aromatic rings. The maximum Gasteiger partial charge on any atom is 0.439 e. The first-order chi connectivity index (χ1) is 12.5. The van der Waals surface area contributed by atoms with Crippen molar-refractivity contribution in [2.45, 2.75) is 25.1 Å². The quantitative estimate of drug-likeness (QED) is 0.374. The van der Waals surface area contributed by atoms with Crippen molar-refractivity contribution in [1.82, 2.24) is 0 Å². The maximum atomic E-state index is 13.3. The van der Waals surface area contributed by atoms with Gasteiger partial charge in [0.15, 0.2) is 5.75 Å². The molecule has 146 valence electrons. The molecule has 0 N–H and O–H groups in total. The Balaban J connectivity index is 2.20. The van der Waals surface area contributed by atoms with Gasteiger partial charge in [0, 0.05) is 0 Å². The van der Waals surface area contributed by atoms with Gasteiger partial charge in [-0.3, -0.25) is 10.1 Å². The van der Waals surface area contributed by atoms with E-state index in [1.807, 2.05) is 0 Å². The molecule has 0 heterocycles. The Morgan fingerprint density at radius 2 is 1.67 bits per heavy atom. The highest BCUT2D eigenvalue weighted by molar-refractivity contribution is 5.51. The van der Waals surface area contributed by atoms with Crippen LogP contribution in [0.5, 0.6) is 11.5 Å². The first-order valence-electron chi connectivity index (χ1n) is 7.23. The SMILES string of the molecule is O=[N+]([O-])c1cc(OC(F)(F)C(F)C(F)(F)F)ccc1OCc1ccccc1. The second-order valence-corrected chi connectivity index (χ2v) is 5.23. The van der Waals surface area contributed by atoms with Crippen molar-refractivity contribution in [3.8, 4) is 11.5 Å². The molecule has 5 nitrogen and oxygen atoms in total. The van der Waals surface area contributed by atoms with Gasteiger partial charge in [0.1, 0.15) is 12.4 Å². The minimum Gasteiger partial charge on any atom is -0.482 e. The Hall–Kier alpha value is -2.98. The van der Waals surface area contributed by atoms with Crippen LogP contribution < -0.4 is 9.47 Å². The number of nitrogens with zero attached hydrogens (tertiary/aromatic N) is 1. The molecular weight excluding hydrogens is 384 g/mol. The summed E-state index contributed by atoms with van der Waals surface area (Å²) in [6, 6.07) is 10.5. The molecule has 0 spiro atoms. The number of hydrogen-bond acceptors (Lipinski definition) is 4. The molecule has 0 saturated carbocycles. The topological polar surface area (TPSA) is 61.6 Å². The summed E-state index contributed by atoms with van der Waals surface area (Å²) in [5, 5.41) is 11.1.